The lowest BCUT2D eigenvalue weighted by Crippen LogP contribution is -2.36. The summed E-state index contributed by atoms with van der Waals surface area (Å²) in [6.07, 6.45) is 2.19. The van der Waals surface area contributed by atoms with Gasteiger partial charge in [-0.05, 0) is 49.1 Å². The molecule has 0 aliphatic carbocycles. The van der Waals surface area contributed by atoms with E-state index in [2.05, 4.69) is 4.98 Å². The van der Waals surface area contributed by atoms with Crippen LogP contribution in [0.15, 0.2) is 36.5 Å². The van der Waals surface area contributed by atoms with Crippen molar-refractivity contribution in [3.63, 3.8) is 0 Å². The maximum atomic E-state index is 14.0. The molecule has 1 fully saturated rings. The van der Waals surface area contributed by atoms with Gasteiger partial charge >= 0.3 is 0 Å². The third-order valence-corrected chi connectivity index (χ3v) is 6.66. The molecule has 2 heterocycles. The van der Waals surface area contributed by atoms with Crippen molar-refractivity contribution in [1.82, 2.24) is 9.29 Å². The van der Waals surface area contributed by atoms with E-state index in [1.165, 1.54) is 10.4 Å². The van der Waals surface area contributed by atoms with Crippen LogP contribution >= 0.6 is 0 Å². The van der Waals surface area contributed by atoms with Crippen LogP contribution in [0.1, 0.15) is 23.1 Å². The Hall–Kier alpha value is -1.99. The van der Waals surface area contributed by atoms with Gasteiger partial charge < -0.3 is 4.90 Å². The molecule has 140 valence electrons. The first-order chi connectivity index (χ1) is 12.4. The molecule has 2 aromatic rings. The molecule has 0 radical (unpaired) electrons. The quantitative estimate of drug-likeness (QED) is 0.822. The van der Waals surface area contributed by atoms with Gasteiger partial charge in [-0.15, -0.1) is 0 Å². The summed E-state index contributed by atoms with van der Waals surface area (Å²) >= 11 is 0. The predicted molar refractivity (Wildman–Crippen MR) is 101 cm³/mol. The monoisotopic (exact) mass is 377 g/mol. The second-order valence-corrected chi connectivity index (χ2v) is 8.69. The number of hydrogen-bond acceptors (Lipinski definition) is 4. The third-order valence-electron chi connectivity index (χ3n) is 4.81. The lowest BCUT2D eigenvalue weighted by atomic mass is 10.1. The van der Waals surface area contributed by atoms with E-state index in [0.29, 0.717) is 38.4 Å². The van der Waals surface area contributed by atoms with E-state index in [1.807, 2.05) is 36.9 Å². The summed E-state index contributed by atoms with van der Waals surface area (Å²) in [5.41, 5.74) is 3.03. The van der Waals surface area contributed by atoms with E-state index in [1.54, 1.807) is 12.3 Å². The molecule has 7 heteroatoms. The van der Waals surface area contributed by atoms with Crippen molar-refractivity contribution in [2.75, 3.05) is 31.1 Å². The Bertz CT molecular complexity index is 886. The number of benzene rings is 1. The Balaban J connectivity index is 1.71. The first-order valence-corrected chi connectivity index (χ1v) is 10.4. The number of aryl methyl sites for hydroxylation is 2. The highest BCUT2D eigenvalue weighted by Crippen LogP contribution is 2.20. The van der Waals surface area contributed by atoms with Gasteiger partial charge in [0.1, 0.15) is 0 Å². The summed E-state index contributed by atoms with van der Waals surface area (Å²) in [4.78, 5) is 5.92. The van der Waals surface area contributed by atoms with Crippen LogP contribution in [-0.2, 0) is 15.8 Å². The van der Waals surface area contributed by atoms with Gasteiger partial charge in [0.2, 0.25) is 10.0 Å². The minimum atomic E-state index is -3.41. The molecule has 1 aromatic carbocycles. The number of sulfonamides is 1. The molecular formula is C19H24FN3O2S. The maximum absolute atomic E-state index is 14.0. The second-order valence-electron chi connectivity index (χ2n) is 6.72. The van der Waals surface area contributed by atoms with Gasteiger partial charge in [-0.25, -0.2) is 17.8 Å². The van der Waals surface area contributed by atoms with Crippen molar-refractivity contribution >= 4 is 15.8 Å². The first kappa shape index (κ1) is 18.8. The molecule has 0 bridgehead atoms. The Morgan fingerprint density at radius 1 is 1.08 bits per heavy atom. The normalized spacial score (nSPS) is 16.5. The highest BCUT2D eigenvalue weighted by molar-refractivity contribution is 7.88. The fourth-order valence-corrected chi connectivity index (χ4v) is 4.74. The van der Waals surface area contributed by atoms with Crippen molar-refractivity contribution < 1.29 is 12.8 Å². The molecule has 5 nitrogen and oxygen atoms in total. The zero-order chi connectivity index (χ0) is 18.7. The minimum absolute atomic E-state index is 0.00787. The molecule has 0 saturated carbocycles. The number of pyridine rings is 1. The lowest BCUT2D eigenvalue weighted by Gasteiger charge is -2.23. The van der Waals surface area contributed by atoms with Crippen LogP contribution in [0.3, 0.4) is 0 Å². The van der Waals surface area contributed by atoms with Crippen molar-refractivity contribution in [3.8, 4) is 0 Å². The van der Waals surface area contributed by atoms with Gasteiger partial charge in [-0.1, -0.05) is 18.2 Å². The average molecular weight is 377 g/mol. The van der Waals surface area contributed by atoms with E-state index >= 15 is 0 Å². The molecule has 3 rings (SSSR count). The predicted octanol–water partition coefficient (Wildman–Crippen LogP) is 2.88. The maximum Gasteiger partial charge on any atom is 0.218 e. The summed E-state index contributed by atoms with van der Waals surface area (Å²) in [5.74, 6) is -0.0913. The fraction of sp³-hybridized carbons (Fsp3) is 0.421. The van der Waals surface area contributed by atoms with Gasteiger partial charge in [0, 0.05) is 32.4 Å². The first-order valence-electron chi connectivity index (χ1n) is 8.76. The highest BCUT2D eigenvalue weighted by atomic mass is 32.2. The Kier molecular flexibility index (Phi) is 5.58. The topological polar surface area (TPSA) is 53.5 Å². The highest BCUT2D eigenvalue weighted by Gasteiger charge is 2.26. The smallest absolute Gasteiger partial charge is 0.218 e. The molecule has 0 N–H and O–H groups in total. The molecule has 1 aliphatic heterocycles. The SMILES string of the molecule is Cc1ccc(CS(=O)(=O)N2CCCN(c3ncccc3F)CC2)cc1C. The van der Waals surface area contributed by atoms with E-state index in [0.717, 1.165) is 16.7 Å². The second kappa shape index (κ2) is 7.72. The average Bonchev–Trinajstić information content (AvgIpc) is 2.85. The van der Waals surface area contributed by atoms with E-state index in [-0.39, 0.29) is 11.6 Å². The summed E-state index contributed by atoms with van der Waals surface area (Å²) in [6.45, 7) is 5.79. The van der Waals surface area contributed by atoms with Crippen molar-refractivity contribution in [2.24, 2.45) is 0 Å². The standard InChI is InChI=1S/C19H24FN3O2S/c1-15-6-7-17(13-16(15)2)14-26(24,25)23-10-4-9-22(11-12-23)19-18(20)5-3-8-21-19/h3,5-8,13H,4,9-12,14H2,1-2H3. The van der Waals surface area contributed by atoms with Gasteiger partial charge in [0.25, 0.3) is 0 Å². The summed E-state index contributed by atoms with van der Waals surface area (Å²) in [7, 11) is -3.41. The molecule has 0 amide bonds. The zero-order valence-electron chi connectivity index (χ0n) is 15.2. The molecule has 0 spiro atoms. The van der Waals surface area contributed by atoms with E-state index < -0.39 is 10.0 Å². The molecular weight excluding hydrogens is 353 g/mol. The Labute approximate surface area is 154 Å². The van der Waals surface area contributed by atoms with Gasteiger partial charge in [0.05, 0.1) is 5.75 Å². The lowest BCUT2D eigenvalue weighted by molar-refractivity contribution is 0.432. The molecule has 0 unspecified atom stereocenters. The zero-order valence-corrected chi connectivity index (χ0v) is 16.0. The number of anilines is 1. The number of aromatic nitrogens is 1. The van der Waals surface area contributed by atoms with Crippen LogP contribution in [-0.4, -0.2) is 43.9 Å². The van der Waals surface area contributed by atoms with Crippen molar-refractivity contribution in [2.45, 2.75) is 26.0 Å². The van der Waals surface area contributed by atoms with Crippen molar-refractivity contribution in [1.29, 1.82) is 0 Å². The summed E-state index contributed by atoms with van der Waals surface area (Å²) in [5, 5.41) is 0. The van der Waals surface area contributed by atoms with Crippen LogP contribution in [0, 0.1) is 19.7 Å². The Morgan fingerprint density at radius 3 is 2.62 bits per heavy atom. The van der Waals surface area contributed by atoms with Gasteiger partial charge in [0.15, 0.2) is 11.6 Å². The third kappa shape index (κ3) is 4.22. The summed E-state index contributed by atoms with van der Waals surface area (Å²) < 4.78 is 41.1. The number of rotatable bonds is 4. The molecule has 1 aliphatic rings. The van der Waals surface area contributed by atoms with E-state index in [9.17, 15) is 12.8 Å². The number of hydrogen-bond donors (Lipinski definition) is 0. The molecule has 26 heavy (non-hydrogen) atoms. The Morgan fingerprint density at radius 2 is 1.88 bits per heavy atom. The van der Waals surface area contributed by atoms with Crippen LogP contribution in [0.2, 0.25) is 0 Å². The van der Waals surface area contributed by atoms with Gasteiger partial charge in [-0.2, -0.15) is 4.31 Å². The molecule has 1 aromatic heterocycles. The number of halogens is 1. The number of nitrogens with zero attached hydrogens (tertiary/aromatic N) is 3. The van der Waals surface area contributed by atoms with Crippen LogP contribution in [0.25, 0.3) is 0 Å². The van der Waals surface area contributed by atoms with Gasteiger partial charge in [-0.3, -0.25) is 0 Å². The molecule has 0 atom stereocenters. The largest absolute Gasteiger partial charge is 0.353 e. The molecule has 1 saturated heterocycles. The minimum Gasteiger partial charge on any atom is -0.353 e. The van der Waals surface area contributed by atoms with Crippen LogP contribution in [0.5, 0.6) is 0 Å². The van der Waals surface area contributed by atoms with Crippen LogP contribution < -0.4 is 4.90 Å². The van der Waals surface area contributed by atoms with Crippen molar-refractivity contribution in [3.05, 3.63) is 59.0 Å². The summed E-state index contributed by atoms with van der Waals surface area (Å²) in [6, 6.07) is 8.68. The van der Waals surface area contributed by atoms with E-state index in [4.69, 9.17) is 0 Å². The van der Waals surface area contributed by atoms with Crippen LogP contribution in [0.4, 0.5) is 10.2 Å². The fourth-order valence-electron chi connectivity index (χ4n) is 3.19.